The first kappa shape index (κ1) is 44.9. The number of benzene rings is 5. The number of nitrogens with zero attached hydrogens (tertiary/aromatic N) is 1. The van der Waals surface area contributed by atoms with Crippen LogP contribution in [0, 0.1) is 23.7 Å². The highest BCUT2D eigenvalue weighted by Crippen LogP contribution is 2.50. The van der Waals surface area contributed by atoms with Crippen molar-refractivity contribution in [1.82, 2.24) is 3.97 Å². The van der Waals surface area contributed by atoms with E-state index < -0.39 is 11.2 Å². The van der Waals surface area contributed by atoms with Gasteiger partial charge in [0.15, 0.2) is 0 Å². The van der Waals surface area contributed by atoms with Crippen molar-refractivity contribution < 1.29 is 21.6 Å². The average Bonchev–Trinajstić information content (AvgIpc) is 3.72. The Hall–Kier alpha value is -5.14. The molecule has 0 radical (unpaired) electrons. The van der Waals surface area contributed by atoms with E-state index in [9.17, 15) is 0 Å². The number of allylic oxidation sites excluding steroid dienone is 3. The smallest absolute Gasteiger partial charge is 0.380 e. The molecule has 7 heteroatoms. The Balaban J connectivity index is 1.14. The van der Waals surface area contributed by atoms with E-state index in [2.05, 4.69) is 52.0 Å². The third-order valence-corrected chi connectivity index (χ3v) is 13.4. The van der Waals surface area contributed by atoms with E-state index in [1.54, 1.807) is 6.08 Å². The molecule has 0 bridgehead atoms. The summed E-state index contributed by atoms with van der Waals surface area (Å²) in [4.78, 5) is 0. The highest BCUT2D eigenvalue weighted by Gasteiger charge is 2.38. The van der Waals surface area contributed by atoms with E-state index in [1.807, 2.05) is 121 Å². The standard InChI is InChI=1S/C55H64F2N2O2S/c1-39(2)13-10-15-41(5)31-33-60-50-27-25-44-35-48(23-21-46(44)37-50)53-20-12-19-52(43-17-8-7-9-18-43)55-30-29-54(59(55)62(56,57)58-53)49-24-22-47-38-51(28-26-45(47)36-49)61-34-32-42(6)16-11-14-40(3)4/h7-9,12,17-30,35-42H,10-11,13-16,31-34H2,1-6H3/p+1/b20-12-,52-19+,58-53-. The van der Waals surface area contributed by atoms with Crippen LogP contribution in [0.25, 0.3) is 38.4 Å². The summed E-state index contributed by atoms with van der Waals surface area (Å²) in [5.74, 6) is 4.37. The number of hydrogen-bond donors (Lipinski definition) is 1. The van der Waals surface area contributed by atoms with Crippen molar-refractivity contribution in [3.05, 3.63) is 150 Å². The summed E-state index contributed by atoms with van der Waals surface area (Å²) in [6.45, 7) is 15.1. The first-order valence-corrected chi connectivity index (χ1v) is 24.2. The van der Waals surface area contributed by atoms with Gasteiger partial charge in [-0.05, 0) is 118 Å². The van der Waals surface area contributed by atoms with Crippen LogP contribution < -0.4 is 13.9 Å². The largest absolute Gasteiger partial charge is 0.494 e. The van der Waals surface area contributed by atoms with Crippen LogP contribution in [0.2, 0.25) is 0 Å². The summed E-state index contributed by atoms with van der Waals surface area (Å²) in [5, 5.41) is 3.93. The zero-order valence-corrected chi connectivity index (χ0v) is 38.3. The Morgan fingerprint density at radius 1 is 0.532 bits per heavy atom. The maximum absolute atomic E-state index is 17.3. The van der Waals surface area contributed by atoms with E-state index in [0.717, 1.165) is 68.9 Å². The summed E-state index contributed by atoms with van der Waals surface area (Å²) in [5.41, 5.74) is 4.22. The van der Waals surface area contributed by atoms with E-state index in [4.69, 9.17) is 9.47 Å². The maximum atomic E-state index is 17.3. The second-order valence-corrected chi connectivity index (χ2v) is 19.7. The van der Waals surface area contributed by atoms with E-state index >= 15 is 7.77 Å². The van der Waals surface area contributed by atoms with E-state index in [-0.39, 0.29) is 0 Å². The minimum absolute atomic E-state index is 0.353. The monoisotopic (exact) mass is 855 g/mol. The third-order valence-electron chi connectivity index (χ3n) is 12.1. The molecule has 1 N–H and O–H groups in total. The number of nitrogens with one attached hydrogen (secondary N) is 1. The molecule has 7 rings (SSSR count). The average molecular weight is 856 g/mol. The van der Waals surface area contributed by atoms with Crippen molar-refractivity contribution in [2.45, 2.75) is 92.9 Å². The van der Waals surface area contributed by atoms with Gasteiger partial charge in [-0.3, -0.25) is 0 Å². The van der Waals surface area contributed by atoms with Crippen LogP contribution in [-0.4, -0.2) is 22.9 Å². The Morgan fingerprint density at radius 3 is 1.63 bits per heavy atom. The SMILES string of the molecule is CC(C)CCCC(C)CCOc1ccc2cc(C3=[NH+]\S(F)(F)n4c(ccc4-c4ccc5cc(OCCC(C)CCCC(C)C)ccc5c4)/C(c4ccccc4)=C/C=C\3)ccc2c1. The molecule has 2 atom stereocenters. The topological polar surface area (TPSA) is 37.4 Å². The van der Waals surface area contributed by atoms with Crippen molar-refractivity contribution in [2.75, 3.05) is 13.2 Å². The van der Waals surface area contributed by atoms with Gasteiger partial charge in [0.1, 0.15) is 11.5 Å². The molecule has 1 aliphatic heterocycles. The first-order valence-electron chi connectivity index (χ1n) is 22.8. The van der Waals surface area contributed by atoms with Crippen LogP contribution in [0.5, 0.6) is 11.5 Å². The summed E-state index contributed by atoms with van der Waals surface area (Å²) < 4.78 is 51.0. The summed E-state index contributed by atoms with van der Waals surface area (Å²) in [7, 11) is 0. The maximum Gasteiger partial charge on any atom is 0.380 e. The molecule has 0 aliphatic carbocycles. The first-order chi connectivity index (χ1) is 29.9. The van der Waals surface area contributed by atoms with Gasteiger partial charge in [-0.15, -0.1) is 4.40 Å². The minimum atomic E-state index is -4.68. The lowest BCUT2D eigenvalue weighted by molar-refractivity contribution is -0.274. The second kappa shape index (κ2) is 20.8. The fourth-order valence-corrected chi connectivity index (χ4v) is 9.75. The molecule has 0 fully saturated rings. The summed E-state index contributed by atoms with van der Waals surface area (Å²) in [6, 6.07) is 37.4. The highest BCUT2D eigenvalue weighted by molar-refractivity contribution is 8.18. The van der Waals surface area contributed by atoms with Gasteiger partial charge < -0.3 is 9.47 Å². The van der Waals surface area contributed by atoms with Gasteiger partial charge in [0.25, 0.3) is 0 Å². The molecule has 0 saturated carbocycles. The number of hydrogen-bond acceptors (Lipinski definition) is 2. The molecular formula is C55H65F2N2O2S+. The lowest BCUT2D eigenvalue weighted by Gasteiger charge is -2.20. The Labute approximate surface area is 370 Å². The van der Waals surface area contributed by atoms with Crippen molar-refractivity contribution in [3.63, 3.8) is 0 Å². The fraction of sp³-hybridized carbons (Fsp3) is 0.364. The van der Waals surface area contributed by atoms with Gasteiger partial charge in [0.05, 0.1) is 24.6 Å². The zero-order chi connectivity index (χ0) is 43.6. The molecule has 2 heterocycles. The van der Waals surface area contributed by atoms with Crippen LogP contribution in [0.1, 0.15) is 110 Å². The van der Waals surface area contributed by atoms with Crippen LogP contribution >= 0.6 is 11.2 Å². The van der Waals surface area contributed by atoms with Crippen molar-refractivity contribution in [3.8, 4) is 22.8 Å². The number of ether oxygens (including phenoxy) is 2. The fourth-order valence-electron chi connectivity index (χ4n) is 8.39. The molecule has 4 nitrogen and oxygen atoms in total. The lowest BCUT2D eigenvalue weighted by atomic mass is 9.98. The Morgan fingerprint density at radius 2 is 1.05 bits per heavy atom. The predicted molar refractivity (Wildman–Crippen MR) is 260 cm³/mol. The molecule has 62 heavy (non-hydrogen) atoms. The van der Waals surface area contributed by atoms with Gasteiger partial charge in [0.2, 0.25) is 5.71 Å². The highest BCUT2D eigenvalue weighted by atomic mass is 32.3. The molecule has 2 unspecified atom stereocenters. The van der Waals surface area contributed by atoms with Crippen molar-refractivity contribution in [1.29, 1.82) is 0 Å². The molecule has 1 aliphatic rings. The minimum Gasteiger partial charge on any atom is -0.494 e. The quantitative estimate of drug-likeness (QED) is 0.0881. The molecule has 5 aromatic carbocycles. The normalized spacial score (nSPS) is 17.6. The van der Waals surface area contributed by atoms with Gasteiger partial charge in [-0.25, -0.2) is 3.97 Å². The van der Waals surface area contributed by atoms with Crippen molar-refractivity contribution in [2.24, 2.45) is 23.7 Å². The van der Waals surface area contributed by atoms with E-state index in [0.29, 0.717) is 53.3 Å². The van der Waals surface area contributed by atoms with Gasteiger partial charge >= 0.3 is 11.2 Å². The van der Waals surface area contributed by atoms with Gasteiger partial charge in [-0.2, -0.15) is 0 Å². The number of fused-ring (bicyclic) bond motifs is 3. The molecule has 0 amide bonds. The number of halogens is 2. The molecule has 6 aromatic rings. The molecule has 0 saturated heterocycles. The summed E-state index contributed by atoms with van der Waals surface area (Å²) >= 11 is -4.68. The third kappa shape index (κ3) is 11.7. The molecular weight excluding hydrogens is 791 g/mol. The van der Waals surface area contributed by atoms with E-state index in [1.165, 1.54) is 42.5 Å². The number of aromatic nitrogens is 1. The van der Waals surface area contributed by atoms with Crippen molar-refractivity contribution >= 4 is 44.0 Å². The second-order valence-electron chi connectivity index (χ2n) is 18.2. The predicted octanol–water partition coefficient (Wildman–Crippen LogP) is 14.7. The molecule has 326 valence electrons. The van der Waals surface area contributed by atoms with Crippen LogP contribution in [0.3, 0.4) is 0 Å². The summed E-state index contributed by atoms with van der Waals surface area (Å²) in [6.07, 6.45) is 15.1. The van der Waals surface area contributed by atoms with Gasteiger partial charge in [-0.1, -0.05) is 161 Å². The van der Waals surface area contributed by atoms with Gasteiger partial charge in [0, 0.05) is 22.8 Å². The number of rotatable bonds is 19. The van der Waals surface area contributed by atoms with Crippen LogP contribution in [0.15, 0.2) is 133 Å². The molecule has 1 aromatic heterocycles. The zero-order valence-electron chi connectivity index (χ0n) is 37.5. The lowest BCUT2D eigenvalue weighted by Crippen LogP contribution is -2.71. The molecule has 0 spiro atoms. The Kier molecular flexibility index (Phi) is 15.1. The van der Waals surface area contributed by atoms with Crippen LogP contribution in [-0.2, 0) is 0 Å². The Bertz CT molecular complexity index is 2520. The van der Waals surface area contributed by atoms with Crippen LogP contribution in [0.4, 0.5) is 7.77 Å².